The Morgan fingerprint density at radius 2 is 1.88 bits per heavy atom. The van der Waals surface area contributed by atoms with Crippen LogP contribution in [0.2, 0.25) is 0 Å². The first-order valence-electron chi connectivity index (χ1n) is 6.45. The molecule has 0 aromatic carbocycles. The molecule has 0 saturated heterocycles. The molecule has 0 spiro atoms. The van der Waals surface area contributed by atoms with Crippen LogP contribution in [-0.2, 0) is 6.54 Å². The van der Waals surface area contributed by atoms with Gasteiger partial charge in [0.2, 0.25) is 5.95 Å². The van der Waals surface area contributed by atoms with Crippen LogP contribution in [0.5, 0.6) is 0 Å². The molecule has 1 aromatic rings. The molecule has 17 heavy (non-hydrogen) atoms. The fraction of sp³-hybridized carbons (Fsp3) is 0.692. The Labute approximate surface area is 104 Å². The van der Waals surface area contributed by atoms with E-state index in [9.17, 15) is 0 Å². The van der Waals surface area contributed by atoms with Gasteiger partial charge in [0, 0.05) is 37.1 Å². The Kier molecular flexibility index (Phi) is 5.91. The Bertz CT molecular complexity index is 332. The summed E-state index contributed by atoms with van der Waals surface area (Å²) in [5, 5.41) is 3.13. The third-order valence-electron chi connectivity index (χ3n) is 2.71. The van der Waals surface area contributed by atoms with E-state index in [1.807, 2.05) is 20.2 Å². The molecule has 0 aliphatic carbocycles. The third-order valence-corrected chi connectivity index (χ3v) is 2.71. The van der Waals surface area contributed by atoms with Crippen molar-refractivity contribution in [2.45, 2.75) is 40.2 Å². The van der Waals surface area contributed by atoms with Crippen LogP contribution in [0.15, 0.2) is 6.20 Å². The number of nitrogens with one attached hydrogen (secondary N) is 1. The van der Waals surface area contributed by atoms with E-state index >= 15 is 0 Å². The van der Waals surface area contributed by atoms with Gasteiger partial charge in [-0.25, -0.2) is 9.97 Å². The van der Waals surface area contributed by atoms with Crippen LogP contribution >= 0.6 is 0 Å². The quantitative estimate of drug-likeness (QED) is 0.787. The molecule has 4 nitrogen and oxygen atoms in total. The van der Waals surface area contributed by atoms with Gasteiger partial charge in [-0.2, -0.15) is 0 Å². The zero-order chi connectivity index (χ0) is 12.7. The predicted octanol–water partition coefficient (Wildman–Crippen LogP) is 2.13. The van der Waals surface area contributed by atoms with Gasteiger partial charge in [0.05, 0.1) is 0 Å². The zero-order valence-electron chi connectivity index (χ0n) is 11.5. The highest BCUT2D eigenvalue weighted by atomic mass is 15.2. The maximum Gasteiger partial charge on any atom is 0.225 e. The van der Waals surface area contributed by atoms with Crippen molar-refractivity contribution < 1.29 is 0 Å². The lowest BCUT2D eigenvalue weighted by Crippen LogP contribution is -2.27. The SMILES string of the molecule is CCCN(CCC)c1ncc(CNC)c(C)n1. The largest absolute Gasteiger partial charge is 0.341 e. The molecule has 0 aliphatic heterocycles. The number of aromatic nitrogens is 2. The van der Waals surface area contributed by atoms with E-state index in [2.05, 4.69) is 34.0 Å². The van der Waals surface area contributed by atoms with Crippen LogP contribution < -0.4 is 10.2 Å². The molecule has 0 bridgehead atoms. The van der Waals surface area contributed by atoms with Crippen molar-refractivity contribution in [2.24, 2.45) is 0 Å². The average Bonchev–Trinajstić information content (AvgIpc) is 2.32. The number of anilines is 1. The summed E-state index contributed by atoms with van der Waals surface area (Å²) >= 11 is 0. The molecule has 0 atom stereocenters. The second kappa shape index (κ2) is 7.22. The molecule has 0 fully saturated rings. The van der Waals surface area contributed by atoms with Crippen LogP contribution in [0.4, 0.5) is 5.95 Å². The first kappa shape index (κ1) is 13.9. The van der Waals surface area contributed by atoms with Gasteiger partial charge >= 0.3 is 0 Å². The fourth-order valence-electron chi connectivity index (χ4n) is 1.85. The fourth-order valence-corrected chi connectivity index (χ4v) is 1.85. The summed E-state index contributed by atoms with van der Waals surface area (Å²) in [6, 6.07) is 0. The van der Waals surface area contributed by atoms with Crippen LogP contribution in [0, 0.1) is 6.92 Å². The van der Waals surface area contributed by atoms with E-state index in [1.54, 1.807) is 0 Å². The summed E-state index contributed by atoms with van der Waals surface area (Å²) < 4.78 is 0. The summed E-state index contributed by atoms with van der Waals surface area (Å²) in [6.07, 6.45) is 4.19. The summed E-state index contributed by atoms with van der Waals surface area (Å²) in [6.45, 7) is 9.30. The number of aryl methyl sites for hydroxylation is 1. The molecule has 1 heterocycles. The predicted molar refractivity (Wildman–Crippen MR) is 72.3 cm³/mol. The molecule has 0 amide bonds. The topological polar surface area (TPSA) is 41.1 Å². The summed E-state index contributed by atoms with van der Waals surface area (Å²) in [5.74, 6) is 0.867. The van der Waals surface area contributed by atoms with E-state index in [0.29, 0.717) is 0 Å². The van der Waals surface area contributed by atoms with Crippen LogP contribution in [0.25, 0.3) is 0 Å². The van der Waals surface area contributed by atoms with Crippen LogP contribution in [0.1, 0.15) is 37.9 Å². The van der Waals surface area contributed by atoms with Crippen molar-refractivity contribution >= 4 is 5.95 Å². The van der Waals surface area contributed by atoms with Crippen molar-refractivity contribution in [1.29, 1.82) is 0 Å². The maximum absolute atomic E-state index is 4.60. The van der Waals surface area contributed by atoms with Crippen molar-refractivity contribution in [1.82, 2.24) is 15.3 Å². The van der Waals surface area contributed by atoms with E-state index in [4.69, 9.17) is 0 Å². The molecule has 0 radical (unpaired) electrons. The lowest BCUT2D eigenvalue weighted by atomic mass is 10.2. The minimum absolute atomic E-state index is 0.827. The van der Waals surface area contributed by atoms with E-state index in [-0.39, 0.29) is 0 Å². The molecule has 1 N–H and O–H groups in total. The van der Waals surface area contributed by atoms with Crippen molar-refractivity contribution in [3.63, 3.8) is 0 Å². The minimum atomic E-state index is 0.827. The first-order valence-corrected chi connectivity index (χ1v) is 6.45. The average molecular weight is 236 g/mol. The van der Waals surface area contributed by atoms with Gasteiger partial charge in [-0.3, -0.25) is 0 Å². The first-order chi connectivity index (χ1) is 8.22. The van der Waals surface area contributed by atoms with Gasteiger partial charge in [0.15, 0.2) is 0 Å². The normalized spacial score (nSPS) is 10.6. The molecule has 0 saturated carbocycles. The van der Waals surface area contributed by atoms with E-state index < -0.39 is 0 Å². The molecule has 0 unspecified atom stereocenters. The Morgan fingerprint density at radius 3 is 2.35 bits per heavy atom. The highest BCUT2D eigenvalue weighted by molar-refractivity contribution is 5.32. The lowest BCUT2D eigenvalue weighted by Gasteiger charge is -2.22. The van der Waals surface area contributed by atoms with Crippen molar-refractivity contribution in [3.05, 3.63) is 17.5 Å². The molecule has 4 heteroatoms. The lowest BCUT2D eigenvalue weighted by molar-refractivity contribution is 0.713. The van der Waals surface area contributed by atoms with Gasteiger partial charge in [0.1, 0.15) is 0 Å². The monoisotopic (exact) mass is 236 g/mol. The smallest absolute Gasteiger partial charge is 0.225 e. The summed E-state index contributed by atoms with van der Waals surface area (Å²) in [4.78, 5) is 11.3. The zero-order valence-corrected chi connectivity index (χ0v) is 11.5. The highest BCUT2D eigenvalue weighted by Gasteiger charge is 2.09. The molecular weight excluding hydrogens is 212 g/mol. The Morgan fingerprint density at radius 1 is 1.24 bits per heavy atom. The second-order valence-electron chi connectivity index (χ2n) is 4.30. The number of hydrogen-bond donors (Lipinski definition) is 1. The third kappa shape index (κ3) is 3.97. The molecule has 0 aliphatic rings. The summed E-state index contributed by atoms with van der Waals surface area (Å²) in [5.41, 5.74) is 2.24. The Balaban J connectivity index is 2.85. The number of nitrogens with zero attached hydrogens (tertiary/aromatic N) is 3. The Hall–Kier alpha value is -1.16. The molecule has 1 aromatic heterocycles. The van der Waals surface area contributed by atoms with Gasteiger partial charge < -0.3 is 10.2 Å². The number of rotatable bonds is 7. The minimum Gasteiger partial charge on any atom is -0.341 e. The number of hydrogen-bond acceptors (Lipinski definition) is 4. The summed E-state index contributed by atoms with van der Waals surface area (Å²) in [7, 11) is 1.94. The van der Waals surface area contributed by atoms with Gasteiger partial charge in [0.25, 0.3) is 0 Å². The highest BCUT2D eigenvalue weighted by Crippen LogP contribution is 2.12. The van der Waals surface area contributed by atoms with Gasteiger partial charge in [-0.05, 0) is 26.8 Å². The second-order valence-corrected chi connectivity index (χ2v) is 4.30. The molecule has 96 valence electrons. The standard InChI is InChI=1S/C13H24N4/c1-5-7-17(8-6-2)13-15-10-12(9-14-4)11(3)16-13/h10,14H,5-9H2,1-4H3. The van der Waals surface area contributed by atoms with Crippen molar-refractivity contribution in [2.75, 3.05) is 25.0 Å². The van der Waals surface area contributed by atoms with Crippen LogP contribution in [0.3, 0.4) is 0 Å². The van der Waals surface area contributed by atoms with Crippen molar-refractivity contribution in [3.8, 4) is 0 Å². The molecule has 1 rings (SSSR count). The van der Waals surface area contributed by atoms with Crippen LogP contribution in [-0.4, -0.2) is 30.1 Å². The molecular formula is C13H24N4. The van der Waals surface area contributed by atoms with E-state index in [0.717, 1.165) is 44.1 Å². The van der Waals surface area contributed by atoms with E-state index in [1.165, 1.54) is 5.56 Å². The maximum atomic E-state index is 4.60. The van der Waals surface area contributed by atoms with Gasteiger partial charge in [-0.15, -0.1) is 0 Å². The van der Waals surface area contributed by atoms with Gasteiger partial charge in [-0.1, -0.05) is 13.8 Å².